The maximum absolute atomic E-state index is 9.78. The summed E-state index contributed by atoms with van der Waals surface area (Å²) in [6.45, 7) is 4.10. The standard InChI is InChI=1S/C8H12ClN3OS/c1-2-8(13)4-12(5-8)3-6-7(9)14-11-10-6/h13H,2-5H2,1H3. The number of nitrogens with zero attached hydrogens (tertiary/aromatic N) is 3. The molecule has 1 fully saturated rings. The SMILES string of the molecule is CCC1(O)CN(Cc2nnsc2Cl)C1. The molecule has 0 amide bonds. The van der Waals surface area contributed by atoms with Gasteiger partial charge in [0, 0.05) is 31.2 Å². The molecule has 1 saturated heterocycles. The Kier molecular flexibility index (Phi) is 2.74. The van der Waals surface area contributed by atoms with Gasteiger partial charge in [-0.05, 0) is 6.42 Å². The highest BCUT2D eigenvalue weighted by Gasteiger charge is 2.39. The summed E-state index contributed by atoms with van der Waals surface area (Å²) in [4.78, 5) is 2.12. The molecular formula is C8H12ClN3OS. The van der Waals surface area contributed by atoms with E-state index in [4.69, 9.17) is 11.6 Å². The van der Waals surface area contributed by atoms with Crippen LogP contribution >= 0.6 is 23.1 Å². The van der Waals surface area contributed by atoms with Gasteiger partial charge in [0.15, 0.2) is 0 Å². The summed E-state index contributed by atoms with van der Waals surface area (Å²) in [6.07, 6.45) is 0.798. The average molecular weight is 234 g/mol. The van der Waals surface area contributed by atoms with Gasteiger partial charge in [-0.25, -0.2) is 0 Å². The monoisotopic (exact) mass is 233 g/mol. The summed E-state index contributed by atoms with van der Waals surface area (Å²) in [6, 6.07) is 0. The molecule has 1 aliphatic heterocycles. The lowest BCUT2D eigenvalue weighted by atomic mass is 9.91. The van der Waals surface area contributed by atoms with Crippen LogP contribution in [-0.4, -0.2) is 38.3 Å². The van der Waals surface area contributed by atoms with Crippen molar-refractivity contribution in [3.05, 3.63) is 10.0 Å². The van der Waals surface area contributed by atoms with E-state index < -0.39 is 5.60 Å². The van der Waals surface area contributed by atoms with Crippen molar-refractivity contribution in [1.82, 2.24) is 14.5 Å². The van der Waals surface area contributed by atoms with Crippen LogP contribution in [0.25, 0.3) is 0 Å². The summed E-state index contributed by atoms with van der Waals surface area (Å²) in [7, 11) is 0. The summed E-state index contributed by atoms with van der Waals surface area (Å²) < 4.78 is 4.41. The van der Waals surface area contributed by atoms with Crippen LogP contribution in [0.15, 0.2) is 0 Å². The highest BCUT2D eigenvalue weighted by atomic mass is 35.5. The first-order chi connectivity index (χ1) is 6.63. The van der Waals surface area contributed by atoms with Gasteiger partial charge in [-0.3, -0.25) is 4.90 Å². The predicted molar refractivity (Wildman–Crippen MR) is 55.4 cm³/mol. The molecule has 0 spiro atoms. The number of hydrogen-bond donors (Lipinski definition) is 1. The number of β-amino-alcohol motifs (C(OH)–C–C–N with tert-alkyl or cyclic N) is 1. The second-order valence-electron chi connectivity index (χ2n) is 3.72. The van der Waals surface area contributed by atoms with Crippen molar-refractivity contribution in [3.63, 3.8) is 0 Å². The molecular weight excluding hydrogens is 222 g/mol. The first-order valence-corrected chi connectivity index (χ1v) is 5.69. The first kappa shape index (κ1) is 10.3. The maximum Gasteiger partial charge on any atom is 0.138 e. The third-order valence-corrected chi connectivity index (χ3v) is 3.56. The number of aliphatic hydroxyl groups is 1. The van der Waals surface area contributed by atoms with Gasteiger partial charge in [-0.2, -0.15) is 0 Å². The van der Waals surface area contributed by atoms with Crippen LogP contribution in [0.3, 0.4) is 0 Å². The molecule has 6 heteroatoms. The third kappa shape index (κ3) is 1.91. The fraction of sp³-hybridized carbons (Fsp3) is 0.750. The molecule has 0 saturated carbocycles. The van der Waals surface area contributed by atoms with Gasteiger partial charge >= 0.3 is 0 Å². The zero-order valence-corrected chi connectivity index (χ0v) is 9.48. The molecule has 0 bridgehead atoms. The highest BCUT2D eigenvalue weighted by molar-refractivity contribution is 7.10. The molecule has 2 heterocycles. The Bertz CT molecular complexity index is 324. The Balaban J connectivity index is 1.88. The van der Waals surface area contributed by atoms with Crippen LogP contribution in [0.4, 0.5) is 0 Å². The van der Waals surface area contributed by atoms with Gasteiger partial charge in [0.25, 0.3) is 0 Å². The molecule has 0 unspecified atom stereocenters. The van der Waals surface area contributed by atoms with Crippen LogP contribution < -0.4 is 0 Å². The lowest BCUT2D eigenvalue weighted by Gasteiger charge is -2.45. The molecule has 1 aromatic heterocycles. The Morgan fingerprint density at radius 2 is 2.36 bits per heavy atom. The fourth-order valence-electron chi connectivity index (χ4n) is 1.62. The van der Waals surface area contributed by atoms with Crippen LogP contribution in [0.5, 0.6) is 0 Å². The van der Waals surface area contributed by atoms with Crippen molar-refractivity contribution in [2.75, 3.05) is 13.1 Å². The Hall–Kier alpha value is -0.230. The van der Waals surface area contributed by atoms with Crippen LogP contribution in [0.2, 0.25) is 4.34 Å². The van der Waals surface area contributed by atoms with E-state index in [1.165, 1.54) is 11.5 Å². The van der Waals surface area contributed by atoms with E-state index in [1.54, 1.807) is 0 Å². The number of likely N-dealkylation sites (tertiary alicyclic amines) is 1. The second-order valence-corrected chi connectivity index (χ2v) is 5.07. The largest absolute Gasteiger partial charge is 0.387 e. The molecule has 2 rings (SSSR count). The van der Waals surface area contributed by atoms with E-state index in [9.17, 15) is 5.11 Å². The fourth-order valence-corrected chi connectivity index (χ4v) is 2.24. The summed E-state index contributed by atoms with van der Waals surface area (Å²) in [5, 5.41) is 13.7. The highest BCUT2D eigenvalue weighted by Crippen LogP contribution is 2.27. The molecule has 1 aliphatic rings. The smallest absolute Gasteiger partial charge is 0.138 e. The van der Waals surface area contributed by atoms with Gasteiger partial charge in [0.1, 0.15) is 10.0 Å². The Morgan fingerprint density at radius 3 is 2.86 bits per heavy atom. The van der Waals surface area contributed by atoms with Crippen molar-refractivity contribution in [2.24, 2.45) is 0 Å². The minimum atomic E-state index is -0.490. The molecule has 0 radical (unpaired) electrons. The zero-order valence-electron chi connectivity index (χ0n) is 7.90. The predicted octanol–water partition coefficient (Wildman–Crippen LogP) is 1.15. The molecule has 0 aromatic carbocycles. The normalized spacial score (nSPS) is 20.8. The molecule has 0 atom stereocenters. The van der Waals surface area contributed by atoms with E-state index in [1.807, 2.05) is 6.92 Å². The number of hydrogen-bond acceptors (Lipinski definition) is 5. The van der Waals surface area contributed by atoms with E-state index in [0.717, 1.165) is 12.1 Å². The second kappa shape index (κ2) is 3.73. The Morgan fingerprint density at radius 1 is 1.64 bits per heavy atom. The lowest BCUT2D eigenvalue weighted by Crippen LogP contribution is -2.60. The molecule has 1 N–H and O–H groups in total. The van der Waals surface area contributed by atoms with Crippen molar-refractivity contribution in [1.29, 1.82) is 0 Å². The number of halogens is 1. The van der Waals surface area contributed by atoms with Gasteiger partial charge in [0.05, 0.1) is 5.60 Å². The minimum Gasteiger partial charge on any atom is -0.387 e. The van der Waals surface area contributed by atoms with E-state index >= 15 is 0 Å². The van der Waals surface area contributed by atoms with Crippen molar-refractivity contribution >= 4 is 23.1 Å². The third-order valence-electron chi connectivity index (χ3n) is 2.58. The number of rotatable bonds is 3. The van der Waals surface area contributed by atoms with E-state index in [2.05, 4.69) is 14.5 Å². The van der Waals surface area contributed by atoms with Gasteiger partial charge in [-0.1, -0.05) is 23.0 Å². The van der Waals surface area contributed by atoms with Gasteiger partial charge in [0.2, 0.25) is 0 Å². The van der Waals surface area contributed by atoms with Crippen molar-refractivity contribution < 1.29 is 5.11 Å². The topological polar surface area (TPSA) is 49.2 Å². The van der Waals surface area contributed by atoms with Crippen LogP contribution in [0, 0.1) is 0 Å². The summed E-state index contributed by atoms with van der Waals surface area (Å²) >= 11 is 7.08. The molecule has 14 heavy (non-hydrogen) atoms. The van der Waals surface area contributed by atoms with E-state index in [-0.39, 0.29) is 0 Å². The maximum atomic E-state index is 9.78. The number of aromatic nitrogens is 2. The first-order valence-electron chi connectivity index (χ1n) is 4.54. The zero-order chi connectivity index (χ0) is 10.2. The minimum absolute atomic E-state index is 0.490. The lowest BCUT2D eigenvalue weighted by molar-refractivity contribution is -0.103. The summed E-state index contributed by atoms with van der Waals surface area (Å²) in [5.74, 6) is 0. The molecule has 0 aliphatic carbocycles. The quantitative estimate of drug-likeness (QED) is 0.851. The molecule has 78 valence electrons. The molecule has 1 aromatic rings. The van der Waals surface area contributed by atoms with E-state index in [0.29, 0.717) is 24.0 Å². The van der Waals surface area contributed by atoms with Gasteiger partial charge in [-0.15, -0.1) is 5.10 Å². The Labute approximate surface area is 91.7 Å². The molecule has 4 nitrogen and oxygen atoms in total. The van der Waals surface area contributed by atoms with Crippen LogP contribution in [0.1, 0.15) is 19.0 Å². The van der Waals surface area contributed by atoms with Gasteiger partial charge < -0.3 is 5.11 Å². The van der Waals surface area contributed by atoms with Crippen molar-refractivity contribution in [3.8, 4) is 0 Å². The van der Waals surface area contributed by atoms with Crippen LogP contribution in [-0.2, 0) is 6.54 Å². The summed E-state index contributed by atoms with van der Waals surface area (Å²) in [5.41, 5.74) is 0.324. The average Bonchev–Trinajstić information content (AvgIpc) is 2.49. The van der Waals surface area contributed by atoms with Crippen molar-refractivity contribution in [2.45, 2.75) is 25.5 Å².